The first-order valence-corrected chi connectivity index (χ1v) is 10.5. The molecule has 0 saturated carbocycles. The highest BCUT2D eigenvalue weighted by Crippen LogP contribution is 2.28. The van der Waals surface area contributed by atoms with E-state index in [4.69, 9.17) is 18.9 Å². The molecule has 9 atom stereocenters. The van der Waals surface area contributed by atoms with Crippen molar-refractivity contribution >= 4 is 0 Å². The zero-order chi connectivity index (χ0) is 24.1. The minimum atomic E-state index is -1.86. The number of ether oxygens (including phenoxy) is 4. The van der Waals surface area contributed by atoms with Crippen molar-refractivity contribution in [2.24, 2.45) is 0 Å². The van der Waals surface area contributed by atoms with Crippen LogP contribution in [-0.2, 0) is 18.9 Å². The van der Waals surface area contributed by atoms with Crippen molar-refractivity contribution in [3.8, 4) is 0 Å². The van der Waals surface area contributed by atoms with Crippen LogP contribution in [0.2, 0.25) is 0 Å². The number of hydrogen-bond acceptors (Lipinski definition) is 11. The summed E-state index contributed by atoms with van der Waals surface area (Å²) in [7, 11) is 0. The maximum Gasteiger partial charge on any atom is 0.187 e. The Bertz CT molecular complexity index is 639. The summed E-state index contributed by atoms with van der Waals surface area (Å²) >= 11 is 0. The highest BCUT2D eigenvalue weighted by Gasteiger charge is 2.50. The molecule has 0 aromatic carbocycles. The molecule has 186 valence electrons. The van der Waals surface area contributed by atoms with Crippen LogP contribution < -0.4 is 0 Å². The van der Waals surface area contributed by atoms with Crippen molar-refractivity contribution in [1.29, 1.82) is 0 Å². The van der Waals surface area contributed by atoms with Gasteiger partial charge >= 0.3 is 0 Å². The molecular weight excluding hydrogens is 428 g/mol. The fourth-order valence-corrected chi connectivity index (χ4v) is 3.30. The topological polar surface area (TPSA) is 179 Å². The van der Waals surface area contributed by atoms with Crippen LogP contribution in [0.15, 0.2) is 24.3 Å². The second kappa shape index (κ2) is 11.4. The van der Waals surface area contributed by atoms with Gasteiger partial charge in [-0.15, -0.1) is 6.58 Å². The second-order valence-corrected chi connectivity index (χ2v) is 8.70. The Hall–Kier alpha value is -0.960. The van der Waals surface area contributed by atoms with Crippen LogP contribution in [0.4, 0.5) is 0 Å². The minimum Gasteiger partial charge on any atom is -0.393 e. The summed E-state index contributed by atoms with van der Waals surface area (Å²) in [5.74, 6) is 0. The third kappa shape index (κ3) is 6.78. The fourth-order valence-electron chi connectivity index (χ4n) is 3.30. The zero-order valence-electron chi connectivity index (χ0n) is 18.4. The van der Waals surface area contributed by atoms with E-state index in [1.165, 1.54) is 6.08 Å². The van der Waals surface area contributed by atoms with Crippen LogP contribution in [0.5, 0.6) is 0 Å². The van der Waals surface area contributed by atoms with E-state index < -0.39 is 60.9 Å². The van der Waals surface area contributed by atoms with Crippen LogP contribution in [0.25, 0.3) is 0 Å². The first kappa shape index (κ1) is 27.3. The average Bonchev–Trinajstić information content (AvgIpc) is 3.05. The summed E-state index contributed by atoms with van der Waals surface area (Å²) in [6.45, 7) is 5.68. The van der Waals surface area contributed by atoms with Crippen molar-refractivity contribution in [2.75, 3.05) is 26.4 Å². The van der Waals surface area contributed by atoms with Crippen molar-refractivity contribution in [1.82, 2.24) is 0 Å². The SMILES string of the molecule is C=C[C@@](C)(O)CCC=C(C)CO[C@@H]1O[C@H](CO[C@@H]2OC[C@](O)(CO)[C@H]2O)[C@@H](O)[C@H](O)[C@H]1O. The van der Waals surface area contributed by atoms with Gasteiger partial charge in [0.25, 0.3) is 0 Å². The van der Waals surface area contributed by atoms with Crippen LogP contribution in [0.1, 0.15) is 26.7 Å². The van der Waals surface area contributed by atoms with Gasteiger partial charge in [0.05, 0.1) is 32.0 Å². The third-order valence-corrected chi connectivity index (χ3v) is 5.73. The van der Waals surface area contributed by atoms with Gasteiger partial charge in [-0.1, -0.05) is 17.7 Å². The van der Waals surface area contributed by atoms with Gasteiger partial charge in [0.15, 0.2) is 12.6 Å². The first-order chi connectivity index (χ1) is 14.9. The molecule has 0 spiro atoms. The largest absolute Gasteiger partial charge is 0.393 e. The van der Waals surface area contributed by atoms with Crippen LogP contribution in [-0.4, -0.2) is 116 Å². The van der Waals surface area contributed by atoms with E-state index in [0.717, 1.165) is 5.57 Å². The Morgan fingerprint density at radius 2 is 1.84 bits per heavy atom. The predicted octanol–water partition coefficient (Wildman–Crippen LogP) is -2.07. The molecule has 32 heavy (non-hydrogen) atoms. The van der Waals surface area contributed by atoms with Crippen molar-refractivity contribution in [3.63, 3.8) is 0 Å². The lowest BCUT2D eigenvalue weighted by atomic mass is 9.99. The Labute approximate surface area is 187 Å². The lowest BCUT2D eigenvalue weighted by Gasteiger charge is -2.40. The fraction of sp³-hybridized carbons (Fsp3) is 0.810. The number of aliphatic hydroxyl groups is 7. The smallest absolute Gasteiger partial charge is 0.187 e. The van der Waals surface area contributed by atoms with Gasteiger partial charge in [0, 0.05) is 0 Å². The van der Waals surface area contributed by atoms with Gasteiger partial charge in [0.1, 0.15) is 36.1 Å². The standard InChI is InChI=1S/C21H36O11/c1-4-20(3,27)7-5-6-12(2)8-29-18-16(25)15(24)14(23)13(32-18)9-30-19-17(26)21(28,10-22)11-31-19/h4,6,13-19,22-28H,1,5,7-11H2,2-3H3/t13-,14-,15+,16-,17+,18-,19-,20-,21-/m1/s1. The molecule has 2 aliphatic heterocycles. The monoisotopic (exact) mass is 464 g/mol. The molecule has 0 aliphatic carbocycles. The molecule has 11 heteroatoms. The first-order valence-electron chi connectivity index (χ1n) is 10.5. The van der Waals surface area contributed by atoms with Crippen LogP contribution in [0, 0.1) is 0 Å². The molecule has 0 bridgehead atoms. The highest BCUT2D eigenvalue weighted by atomic mass is 16.7. The minimum absolute atomic E-state index is 0.0718. The zero-order valence-corrected chi connectivity index (χ0v) is 18.4. The molecule has 2 heterocycles. The Morgan fingerprint density at radius 1 is 1.16 bits per heavy atom. The molecule has 2 aliphatic rings. The predicted molar refractivity (Wildman–Crippen MR) is 110 cm³/mol. The maximum absolute atomic E-state index is 10.2. The van der Waals surface area contributed by atoms with E-state index in [2.05, 4.69) is 6.58 Å². The summed E-state index contributed by atoms with van der Waals surface area (Å²) < 4.78 is 21.6. The molecule has 0 aromatic rings. The van der Waals surface area contributed by atoms with Crippen molar-refractivity contribution in [2.45, 2.75) is 81.0 Å². The van der Waals surface area contributed by atoms with Crippen LogP contribution >= 0.6 is 0 Å². The average molecular weight is 465 g/mol. The van der Waals surface area contributed by atoms with Crippen LogP contribution in [0.3, 0.4) is 0 Å². The maximum atomic E-state index is 10.2. The molecule has 11 nitrogen and oxygen atoms in total. The van der Waals surface area contributed by atoms with E-state index in [9.17, 15) is 35.7 Å². The van der Waals surface area contributed by atoms with E-state index >= 15 is 0 Å². The van der Waals surface area contributed by atoms with Gasteiger partial charge in [-0.05, 0) is 26.7 Å². The summed E-state index contributed by atoms with van der Waals surface area (Å²) in [6, 6.07) is 0. The Balaban J connectivity index is 1.88. The molecule has 2 rings (SSSR count). The molecule has 0 amide bonds. The lowest BCUT2D eigenvalue weighted by Crippen LogP contribution is -2.59. The van der Waals surface area contributed by atoms with Crippen molar-refractivity contribution in [3.05, 3.63) is 24.3 Å². The Morgan fingerprint density at radius 3 is 2.44 bits per heavy atom. The number of aliphatic hydroxyl groups excluding tert-OH is 5. The highest BCUT2D eigenvalue weighted by molar-refractivity contribution is 5.01. The molecule has 0 unspecified atom stereocenters. The quantitative estimate of drug-likeness (QED) is 0.167. The van der Waals surface area contributed by atoms with Crippen molar-refractivity contribution < 1.29 is 54.7 Å². The van der Waals surface area contributed by atoms with Gasteiger partial charge < -0.3 is 54.7 Å². The van der Waals surface area contributed by atoms with E-state index in [1.54, 1.807) is 13.8 Å². The number of allylic oxidation sites excluding steroid dienone is 1. The van der Waals surface area contributed by atoms with E-state index in [0.29, 0.717) is 12.8 Å². The summed E-state index contributed by atoms with van der Waals surface area (Å²) in [4.78, 5) is 0. The summed E-state index contributed by atoms with van der Waals surface area (Å²) in [5, 5.41) is 69.7. The van der Waals surface area contributed by atoms with E-state index in [1.807, 2.05) is 6.08 Å². The molecule has 0 radical (unpaired) electrons. The molecular formula is C21H36O11. The lowest BCUT2D eigenvalue weighted by molar-refractivity contribution is -0.307. The second-order valence-electron chi connectivity index (χ2n) is 8.70. The molecule has 2 fully saturated rings. The summed E-state index contributed by atoms with van der Waals surface area (Å²) in [5.41, 5.74) is -2.03. The number of hydrogen-bond donors (Lipinski definition) is 7. The molecule has 0 aromatic heterocycles. The summed E-state index contributed by atoms with van der Waals surface area (Å²) in [6.07, 6.45) is -5.39. The third-order valence-electron chi connectivity index (χ3n) is 5.73. The molecule has 2 saturated heterocycles. The Kier molecular flexibility index (Phi) is 9.76. The normalized spacial score (nSPS) is 40.3. The van der Waals surface area contributed by atoms with Gasteiger partial charge in [0.2, 0.25) is 0 Å². The molecule has 7 N–H and O–H groups in total. The van der Waals surface area contributed by atoms with E-state index in [-0.39, 0.29) is 19.8 Å². The van der Waals surface area contributed by atoms with Gasteiger partial charge in [-0.25, -0.2) is 0 Å². The number of rotatable bonds is 11. The van der Waals surface area contributed by atoms with Gasteiger partial charge in [-0.3, -0.25) is 0 Å². The van der Waals surface area contributed by atoms with Gasteiger partial charge in [-0.2, -0.15) is 0 Å².